The van der Waals surface area contributed by atoms with Crippen LogP contribution in [0.15, 0.2) is 36.4 Å². The lowest BCUT2D eigenvalue weighted by molar-refractivity contribution is -0.129. The van der Waals surface area contributed by atoms with Gasteiger partial charge in [0.2, 0.25) is 17.7 Å². The molecule has 2 aromatic carbocycles. The molecule has 0 radical (unpaired) electrons. The summed E-state index contributed by atoms with van der Waals surface area (Å²) < 4.78 is 14.0. The molecule has 0 bridgehead atoms. The van der Waals surface area contributed by atoms with Crippen LogP contribution in [0.2, 0.25) is 5.02 Å². The highest BCUT2D eigenvalue weighted by molar-refractivity contribution is 6.30. The van der Waals surface area contributed by atoms with Gasteiger partial charge in [0, 0.05) is 34.1 Å². The predicted octanol–water partition coefficient (Wildman–Crippen LogP) is 2.88. The van der Waals surface area contributed by atoms with Crippen molar-refractivity contribution in [2.75, 3.05) is 16.8 Å². The maximum Gasteiger partial charge on any atom is 0.248 e. The molecule has 3 amide bonds. The van der Waals surface area contributed by atoms with Gasteiger partial charge in [-0.25, -0.2) is 4.39 Å². The van der Waals surface area contributed by atoms with E-state index in [-0.39, 0.29) is 22.7 Å². The molecule has 1 aliphatic heterocycles. The van der Waals surface area contributed by atoms with Gasteiger partial charge in [0.15, 0.2) is 0 Å². The van der Waals surface area contributed by atoms with E-state index in [1.807, 2.05) is 0 Å². The van der Waals surface area contributed by atoms with Crippen LogP contribution in [0.1, 0.15) is 22.3 Å². The number of carbonyl (C=O) groups excluding carboxylic acids is 3. The Kier molecular flexibility index (Phi) is 5.14. The molecule has 27 heavy (non-hydrogen) atoms. The molecule has 0 saturated carbocycles. The second-order valence-electron chi connectivity index (χ2n) is 6.29. The number of halogens is 2. The number of anilines is 2. The molecule has 1 saturated heterocycles. The minimum Gasteiger partial charge on any atom is -0.366 e. The van der Waals surface area contributed by atoms with E-state index in [2.05, 4.69) is 5.32 Å². The van der Waals surface area contributed by atoms with Gasteiger partial charge in [-0.3, -0.25) is 14.4 Å². The molecule has 1 aliphatic rings. The van der Waals surface area contributed by atoms with E-state index in [1.54, 1.807) is 24.3 Å². The Morgan fingerprint density at radius 3 is 2.56 bits per heavy atom. The molecule has 1 unspecified atom stereocenters. The van der Waals surface area contributed by atoms with Crippen LogP contribution >= 0.6 is 11.6 Å². The highest BCUT2D eigenvalue weighted by atomic mass is 35.5. The Morgan fingerprint density at radius 1 is 1.26 bits per heavy atom. The number of carbonyl (C=O) groups is 3. The van der Waals surface area contributed by atoms with E-state index in [0.29, 0.717) is 23.7 Å². The monoisotopic (exact) mass is 389 g/mol. The normalized spacial score (nSPS) is 16.5. The Hall–Kier alpha value is -2.93. The van der Waals surface area contributed by atoms with Gasteiger partial charge >= 0.3 is 0 Å². The fourth-order valence-corrected chi connectivity index (χ4v) is 3.10. The van der Waals surface area contributed by atoms with Crippen molar-refractivity contribution in [1.29, 1.82) is 0 Å². The molecular weight excluding hydrogens is 373 g/mol. The first-order valence-electron chi connectivity index (χ1n) is 8.25. The summed E-state index contributed by atoms with van der Waals surface area (Å²) >= 11 is 5.86. The summed E-state index contributed by atoms with van der Waals surface area (Å²) in [5, 5.41) is 3.09. The van der Waals surface area contributed by atoms with E-state index in [1.165, 1.54) is 17.9 Å². The SMILES string of the molecule is Cc1c(F)cc(C(N)=O)cc1NC(=O)C1CCN(c2ccc(Cl)cc2)C1=O. The van der Waals surface area contributed by atoms with Crippen LogP contribution in [0.3, 0.4) is 0 Å². The fourth-order valence-electron chi connectivity index (χ4n) is 2.97. The first kappa shape index (κ1) is 18.8. The van der Waals surface area contributed by atoms with Gasteiger partial charge in [0.25, 0.3) is 0 Å². The van der Waals surface area contributed by atoms with E-state index >= 15 is 0 Å². The van der Waals surface area contributed by atoms with Gasteiger partial charge in [-0.1, -0.05) is 11.6 Å². The van der Waals surface area contributed by atoms with Crippen LogP contribution in [-0.2, 0) is 9.59 Å². The maximum atomic E-state index is 14.0. The number of hydrogen-bond acceptors (Lipinski definition) is 3. The molecule has 1 atom stereocenters. The van der Waals surface area contributed by atoms with Gasteiger partial charge in [-0.05, 0) is 49.7 Å². The van der Waals surface area contributed by atoms with Gasteiger partial charge in [-0.2, -0.15) is 0 Å². The summed E-state index contributed by atoms with van der Waals surface area (Å²) in [4.78, 5) is 38.0. The standard InChI is InChI=1S/C19H17ClFN3O3/c1-10-15(21)8-11(17(22)25)9-16(10)23-18(26)14-6-7-24(19(14)27)13-4-2-12(20)3-5-13/h2-5,8-9,14H,6-7H2,1H3,(H2,22,25)(H,23,26). The molecule has 3 N–H and O–H groups in total. The molecule has 8 heteroatoms. The molecule has 0 spiro atoms. The Labute approximate surface area is 160 Å². The number of nitrogens with zero attached hydrogens (tertiary/aromatic N) is 1. The number of rotatable bonds is 4. The molecule has 140 valence electrons. The predicted molar refractivity (Wildman–Crippen MR) is 100 cm³/mol. The summed E-state index contributed by atoms with van der Waals surface area (Å²) in [6.45, 7) is 1.85. The number of amides is 3. The Morgan fingerprint density at radius 2 is 1.93 bits per heavy atom. The minimum absolute atomic E-state index is 0.0612. The second-order valence-corrected chi connectivity index (χ2v) is 6.73. The Bertz CT molecular complexity index is 931. The molecule has 1 fully saturated rings. The second kappa shape index (κ2) is 7.36. The van der Waals surface area contributed by atoms with Gasteiger partial charge in [0.1, 0.15) is 11.7 Å². The summed E-state index contributed by atoms with van der Waals surface area (Å²) in [6, 6.07) is 9.05. The summed E-state index contributed by atoms with van der Waals surface area (Å²) in [5.41, 5.74) is 6.05. The maximum absolute atomic E-state index is 14.0. The van der Waals surface area contributed by atoms with Crippen LogP contribution < -0.4 is 16.0 Å². The first-order valence-corrected chi connectivity index (χ1v) is 8.63. The summed E-state index contributed by atoms with van der Waals surface area (Å²) in [7, 11) is 0. The van der Waals surface area contributed by atoms with E-state index in [0.717, 1.165) is 6.07 Å². The number of primary amides is 1. The zero-order valence-electron chi connectivity index (χ0n) is 14.5. The third-order valence-corrected chi connectivity index (χ3v) is 4.80. The minimum atomic E-state index is -0.902. The van der Waals surface area contributed by atoms with Crippen molar-refractivity contribution in [2.45, 2.75) is 13.3 Å². The van der Waals surface area contributed by atoms with Crippen molar-refractivity contribution >= 4 is 40.7 Å². The molecule has 3 rings (SSSR count). The van der Waals surface area contributed by atoms with Crippen molar-refractivity contribution in [3.8, 4) is 0 Å². The fraction of sp³-hybridized carbons (Fsp3) is 0.211. The van der Waals surface area contributed by atoms with Crippen molar-refractivity contribution in [1.82, 2.24) is 0 Å². The number of benzene rings is 2. The topological polar surface area (TPSA) is 92.5 Å². The van der Waals surface area contributed by atoms with E-state index < -0.39 is 23.5 Å². The van der Waals surface area contributed by atoms with Crippen molar-refractivity contribution in [2.24, 2.45) is 11.7 Å². The summed E-state index contributed by atoms with van der Waals surface area (Å²) in [5.74, 6) is -3.28. The number of nitrogens with one attached hydrogen (secondary N) is 1. The van der Waals surface area contributed by atoms with E-state index in [4.69, 9.17) is 17.3 Å². The largest absolute Gasteiger partial charge is 0.366 e. The molecule has 0 aliphatic carbocycles. The smallest absolute Gasteiger partial charge is 0.248 e. The molecular formula is C19H17ClFN3O3. The quantitative estimate of drug-likeness (QED) is 0.787. The van der Waals surface area contributed by atoms with Crippen LogP contribution in [0.4, 0.5) is 15.8 Å². The third kappa shape index (κ3) is 3.78. The lowest BCUT2D eigenvalue weighted by Crippen LogP contribution is -2.33. The first-order chi connectivity index (χ1) is 12.8. The summed E-state index contributed by atoms with van der Waals surface area (Å²) in [6.07, 6.45) is 0.324. The number of nitrogens with two attached hydrogens (primary N) is 1. The van der Waals surface area contributed by atoms with Crippen LogP contribution in [0, 0.1) is 18.7 Å². The van der Waals surface area contributed by atoms with Crippen molar-refractivity contribution in [3.05, 3.63) is 58.4 Å². The molecule has 2 aromatic rings. The zero-order chi connectivity index (χ0) is 19.7. The number of hydrogen-bond donors (Lipinski definition) is 2. The van der Waals surface area contributed by atoms with Crippen LogP contribution in [0.5, 0.6) is 0 Å². The van der Waals surface area contributed by atoms with Gasteiger partial charge < -0.3 is 16.0 Å². The average Bonchev–Trinajstić information content (AvgIpc) is 3.01. The van der Waals surface area contributed by atoms with Crippen LogP contribution in [0.25, 0.3) is 0 Å². The van der Waals surface area contributed by atoms with Crippen molar-refractivity contribution in [3.63, 3.8) is 0 Å². The lowest BCUT2D eigenvalue weighted by Gasteiger charge is -2.17. The lowest BCUT2D eigenvalue weighted by atomic mass is 10.1. The van der Waals surface area contributed by atoms with Crippen LogP contribution in [-0.4, -0.2) is 24.3 Å². The third-order valence-electron chi connectivity index (χ3n) is 4.55. The van der Waals surface area contributed by atoms with Gasteiger partial charge in [-0.15, -0.1) is 0 Å². The van der Waals surface area contributed by atoms with E-state index in [9.17, 15) is 18.8 Å². The average molecular weight is 390 g/mol. The highest BCUT2D eigenvalue weighted by Gasteiger charge is 2.37. The van der Waals surface area contributed by atoms with Crippen molar-refractivity contribution < 1.29 is 18.8 Å². The molecule has 0 aromatic heterocycles. The molecule has 1 heterocycles. The molecule has 6 nitrogen and oxygen atoms in total. The highest BCUT2D eigenvalue weighted by Crippen LogP contribution is 2.28. The Balaban J connectivity index is 1.78. The zero-order valence-corrected chi connectivity index (χ0v) is 15.2. The van der Waals surface area contributed by atoms with Gasteiger partial charge in [0.05, 0.1) is 0 Å².